The minimum Gasteiger partial charge on any atom is -0.385 e. The molecule has 8 heteroatoms. The number of fused-ring (bicyclic) bond motifs is 1. The molecule has 0 saturated carbocycles. The third-order valence-electron chi connectivity index (χ3n) is 4.69. The highest BCUT2D eigenvalue weighted by Crippen LogP contribution is 2.35. The molecule has 0 radical (unpaired) electrons. The van der Waals surface area contributed by atoms with E-state index >= 15 is 0 Å². The molecule has 0 bridgehead atoms. The number of rotatable bonds is 4. The zero-order chi connectivity index (χ0) is 20.3. The SMILES string of the molecule is CN(C)c1ccc(C(F)(F)F)cc1NC(=O)NCc1cccc2c1CCCN2. The van der Waals surface area contributed by atoms with Gasteiger partial charge < -0.3 is 20.9 Å². The number of nitrogens with zero attached hydrogens (tertiary/aromatic N) is 1. The van der Waals surface area contributed by atoms with Crippen LogP contribution in [0.4, 0.5) is 35.0 Å². The van der Waals surface area contributed by atoms with E-state index in [4.69, 9.17) is 0 Å². The van der Waals surface area contributed by atoms with E-state index in [0.717, 1.165) is 42.8 Å². The van der Waals surface area contributed by atoms with Crippen molar-refractivity contribution in [2.45, 2.75) is 25.6 Å². The molecule has 28 heavy (non-hydrogen) atoms. The van der Waals surface area contributed by atoms with Crippen molar-refractivity contribution in [1.29, 1.82) is 0 Å². The van der Waals surface area contributed by atoms with Gasteiger partial charge in [-0.25, -0.2) is 4.79 Å². The fourth-order valence-corrected chi connectivity index (χ4v) is 3.29. The largest absolute Gasteiger partial charge is 0.416 e. The lowest BCUT2D eigenvalue weighted by Gasteiger charge is -2.22. The number of hydrogen-bond acceptors (Lipinski definition) is 3. The van der Waals surface area contributed by atoms with Crippen molar-refractivity contribution in [2.24, 2.45) is 0 Å². The predicted octanol–water partition coefficient (Wildman–Crippen LogP) is 4.45. The summed E-state index contributed by atoms with van der Waals surface area (Å²) in [5.41, 5.74) is 3.02. The zero-order valence-electron chi connectivity index (χ0n) is 15.8. The molecule has 3 N–H and O–H groups in total. The molecule has 2 amide bonds. The van der Waals surface area contributed by atoms with Crippen LogP contribution in [0.3, 0.4) is 0 Å². The average Bonchev–Trinajstić information content (AvgIpc) is 2.65. The molecule has 1 heterocycles. The van der Waals surface area contributed by atoms with Gasteiger partial charge in [-0.2, -0.15) is 13.2 Å². The lowest BCUT2D eigenvalue weighted by molar-refractivity contribution is -0.137. The van der Waals surface area contributed by atoms with Gasteiger partial charge in [-0.05, 0) is 48.2 Å². The third kappa shape index (κ3) is 4.49. The highest BCUT2D eigenvalue weighted by molar-refractivity contribution is 5.93. The smallest absolute Gasteiger partial charge is 0.385 e. The van der Waals surface area contributed by atoms with Crippen LogP contribution in [-0.4, -0.2) is 26.7 Å². The Hall–Kier alpha value is -2.90. The first kappa shape index (κ1) is 19.9. The van der Waals surface area contributed by atoms with Crippen LogP contribution in [0, 0.1) is 0 Å². The topological polar surface area (TPSA) is 56.4 Å². The van der Waals surface area contributed by atoms with Crippen LogP contribution < -0.4 is 20.9 Å². The molecule has 150 valence electrons. The molecule has 3 rings (SSSR count). The van der Waals surface area contributed by atoms with Gasteiger partial charge in [0.25, 0.3) is 0 Å². The van der Waals surface area contributed by atoms with Crippen molar-refractivity contribution in [3.05, 3.63) is 53.1 Å². The van der Waals surface area contributed by atoms with Crippen LogP contribution >= 0.6 is 0 Å². The molecule has 5 nitrogen and oxygen atoms in total. The van der Waals surface area contributed by atoms with Crippen LogP contribution in [0.1, 0.15) is 23.1 Å². The Labute approximate surface area is 161 Å². The van der Waals surface area contributed by atoms with Gasteiger partial charge in [-0.1, -0.05) is 12.1 Å². The maximum atomic E-state index is 13.0. The Morgan fingerprint density at radius 3 is 2.71 bits per heavy atom. The Bertz CT molecular complexity index is 865. The molecule has 0 atom stereocenters. The van der Waals surface area contributed by atoms with E-state index in [1.807, 2.05) is 18.2 Å². The monoisotopic (exact) mass is 392 g/mol. The van der Waals surface area contributed by atoms with Gasteiger partial charge in [0.1, 0.15) is 0 Å². The maximum Gasteiger partial charge on any atom is 0.416 e. The number of alkyl halides is 3. The predicted molar refractivity (Wildman–Crippen MR) is 105 cm³/mol. The number of halogens is 3. The summed E-state index contributed by atoms with van der Waals surface area (Å²) in [6.45, 7) is 1.22. The van der Waals surface area contributed by atoms with Gasteiger partial charge in [-0.3, -0.25) is 0 Å². The van der Waals surface area contributed by atoms with Crippen LogP contribution in [0.2, 0.25) is 0 Å². The zero-order valence-corrected chi connectivity index (χ0v) is 15.8. The molecule has 0 spiro atoms. The molecule has 0 fully saturated rings. The lowest BCUT2D eigenvalue weighted by atomic mass is 9.97. The standard InChI is InChI=1S/C20H23F3N4O/c1-27(2)18-9-8-14(20(21,22)23)11-17(18)26-19(28)25-12-13-5-3-7-16-15(13)6-4-10-24-16/h3,5,7-9,11,24H,4,6,10,12H2,1-2H3,(H2,25,26,28). The molecule has 2 aromatic rings. The van der Waals surface area contributed by atoms with Crippen LogP contribution in [-0.2, 0) is 19.1 Å². The number of nitrogens with one attached hydrogen (secondary N) is 3. The summed E-state index contributed by atoms with van der Waals surface area (Å²) in [5, 5.41) is 8.62. The molecule has 0 saturated heterocycles. The summed E-state index contributed by atoms with van der Waals surface area (Å²) < 4.78 is 39.1. The van der Waals surface area contributed by atoms with Crippen molar-refractivity contribution < 1.29 is 18.0 Å². The van der Waals surface area contributed by atoms with Gasteiger partial charge in [0.15, 0.2) is 0 Å². The summed E-state index contributed by atoms with van der Waals surface area (Å²) in [6, 6.07) is 8.61. The number of urea groups is 1. The van der Waals surface area contributed by atoms with Gasteiger partial charge in [-0.15, -0.1) is 0 Å². The number of hydrogen-bond donors (Lipinski definition) is 3. The normalized spacial score (nSPS) is 13.3. The molecular formula is C20H23F3N4O. The fourth-order valence-electron chi connectivity index (χ4n) is 3.29. The lowest BCUT2D eigenvalue weighted by Crippen LogP contribution is -2.30. The van der Waals surface area contributed by atoms with E-state index in [2.05, 4.69) is 16.0 Å². The maximum absolute atomic E-state index is 13.0. The highest BCUT2D eigenvalue weighted by Gasteiger charge is 2.31. The highest BCUT2D eigenvalue weighted by atomic mass is 19.4. The Morgan fingerprint density at radius 2 is 2.00 bits per heavy atom. The molecule has 1 aliphatic rings. The van der Waals surface area contributed by atoms with E-state index in [0.29, 0.717) is 12.2 Å². The van der Waals surface area contributed by atoms with Crippen molar-refractivity contribution in [3.63, 3.8) is 0 Å². The summed E-state index contributed by atoms with van der Waals surface area (Å²) in [4.78, 5) is 14.0. The van der Waals surface area contributed by atoms with Crippen molar-refractivity contribution >= 4 is 23.1 Å². The Kier molecular flexibility index (Phi) is 5.67. The van der Waals surface area contributed by atoms with Gasteiger partial charge in [0.2, 0.25) is 0 Å². The van der Waals surface area contributed by atoms with Gasteiger partial charge in [0.05, 0.1) is 16.9 Å². The van der Waals surface area contributed by atoms with Gasteiger partial charge >= 0.3 is 12.2 Å². The van der Waals surface area contributed by atoms with Crippen LogP contribution in [0.15, 0.2) is 36.4 Å². The molecular weight excluding hydrogens is 369 g/mol. The first-order chi connectivity index (χ1) is 13.3. The summed E-state index contributed by atoms with van der Waals surface area (Å²) >= 11 is 0. The average molecular weight is 392 g/mol. The van der Waals surface area contributed by atoms with E-state index in [-0.39, 0.29) is 5.69 Å². The number of carbonyl (C=O) groups excluding carboxylic acids is 1. The fraction of sp³-hybridized carbons (Fsp3) is 0.350. The molecule has 2 aromatic carbocycles. The molecule has 1 aliphatic heterocycles. The summed E-state index contributed by atoms with van der Waals surface area (Å²) in [7, 11) is 3.41. The second-order valence-electron chi connectivity index (χ2n) is 6.91. The van der Waals surface area contributed by atoms with E-state index in [1.54, 1.807) is 19.0 Å². The van der Waals surface area contributed by atoms with Crippen molar-refractivity contribution in [1.82, 2.24) is 5.32 Å². The van der Waals surface area contributed by atoms with E-state index in [1.165, 1.54) is 11.6 Å². The summed E-state index contributed by atoms with van der Waals surface area (Å²) in [5.74, 6) is 0. The minimum atomic E-state index is -4.48. The molecule has 0 unspecified atom stereocenters. The van der Waals surface area contributed by atoms with Crippen LogP contribution in [0.5, 0.6) is 0 Å². The number of benzene rings is 2. The number of carbonyl (C=O) groups is 1. The number of anilines is 3. The molecule has 0 aromatic heterocycles. The second-order valence-corrected chi connectivity index (χ2v) is 6.91. The van der Waals surface area contributed by atoms with Crippen LogP contribution in [0.25, 0.3) is 0 Å². The van der Waals surface area contributed by atoms with Gasteiger partial charge in [0, 0.05) is 32.9 Å². The number of amides is 2. The van der Waals surface area contributed by atoms with E-state index < -0.39 is 17.8 Å². The van der Waals surface area contributed by atoms with E-state index in [9.17, 15) is 18.0 Å². The first-order valence-electron chi connectivity index (χ1n) is 9.04. The molecule has 0 aliphatic carbocycles. The Morgan fingerprint density at radius 1 is 1.21 bits per heavy atom. The summed E-state index contributed by atoms with van der Waals surface area (Å²) in [6.07, 6.45) is -2.53. The van der Waals surface area contributed by atoms with Crippen molar-refractivity contribution in [2.75, 3.05) is 36.2 Å². The third-order valence-corrected chi connectivity index (χ3v) is 4.69. The second kappa shape index (κ2) is 8.00. The Balaban J connectivity index is 1.73. The van der Waals surface area contributed by atoms with Crippen molar-refractivity contribution in [3.8, 4) is 0 Å². The quantitative estimate of drug-likeness (QED) is 0.721. The first-order valence-corrected chi connectivity index (χ1v) is 9.04. The minimum absolute atomic E-state index is 0.106.